The van der Waals surface area contributed by atoms with Crippen molar-refractivity contribution in [1.82, 2.24) is 5.32 Å². The van der Waals surface area contributed by atoms with E-state index in [1.165, 1.54) is 0 Å². The molecule has 2 aromatic carbocycles. The summed E-state index contributed by atoms with van der Waals surface area (Å²) in [7, 11) is 0. The maximum absolute atomic E-state index is 12.1. The third-order valence-electron chi connectivity index (χ3n) is 3.76. The molecule has 0 unspecified atom stereocenters. The van der Waals surface area contributed by atoms with E-state index in [1.54, 1.807) is 36.4 Å². The van der Waals surface area contributed by atoms with Crippen molar-refractivity contribution >= 4 is 17.5 Å². The summed E-state index contributed by atoms with van der Waals surface area (Å²) in [5.74, 6) is -0.250. The number of carbonyl (C=O) groups is 2. The zero-order valence-corrected chi connectivity index (χ0v) is 13.5. The molecule has 0 atom stereocenters. The first-order valence-electron chi connectivity index (χ1n) is 7.91. The normalized spacial score (nSPS) is 10.4. The van der Waals surface area contributed by atoms with Crippen LogP contribution in [0.4, 0.5) is 5.69 Å². The smallest absolute Gasteiger partial charge is 0.255 e. The lowest BCUT2D eigenvalue weighted by Crippen LogP contribution is -2.33. The lowest BCUT2D eigenvalue weighted by Gasteiger charge is -2.14. The molecule has 0 radical (unpaired) electrons. The number of hydrogen-bond donors (Lipinski definition) is 2. The van der Waals surface area contributed by atoms with Crippen LogP contribution in [0.5, 0.6) is 0 Å². The molecule has 0 fully saturated rings. The standard InChI is InChI=1S/C19H22N2O2/c1-3-16(4-2)20-19(23)15-10-12-17(13-11-15)21-18(22)14-8-6-5-7-9-14/h5-13,16H,3-4H2,1-2H3,(H,20,23)(H,21,22). The van der Waals surface area contributed by atoms with Gasteiger partial charge in [-0.2, -0.15) is 0 Å². The molecule has 0 aromatic heterocycles. The topological polar surface area (TPSA) is 58.2 Å². The maximum Gasteiger partial charge on any atom is 0.255 e. The van der Waals surface area contributed by atoms with Crippen molar-refractivity contribution in [2.75, 3.05) is 5.32 Å². The van der Waals surface area contributed by atoms with Crippen LogP contribution >= 0.6 is 0 Å². The van der Waals surface area contributed by atoms with Gasteiger partial charge in [0.25, 0.3) is 11.8 Å². The van der Waals surface area contributed by atoms with Crippen LogP contribution in [0.3, 0.4) is 0 Å². The molecule has 2 amide bonds. The van der Waals surface area contributed by atoms with Gasteiger partial charge in [0.1, 0.15) is 0 Å². The van der Waals surface area contributed by atoms with Crippen LogP contribution in [0.1, 0.15) is 47.4 Å². The predicted molar refractivity (Wildman–Crippen MR) is 92.7 cm³/mol. The van der Waals surface area contributed by atoms with Gasteiger partial charge in [-0.05, 0) is 49.2 Å². The second-order valence-electron chi connectivity index (χ2n) is 5.38. The highest BCUT2D eigenvalue weighted by atomic mass is 16.2. The Bertz CT molecular complexity index is 647. The molecule has 0 aliphatic heterocycles. The van der Waals surface area contributed by atoms with Crippen molar-refractivity contribution in [3.8, 4) is 0 Å². The average molecular weight is 310 g/mol. The summed E-state index contributed by atoms with van der Waals surface area (Å²) < 4.78 is 0. The monoisotopic (exact) mass is 310 g/mol. The molecule has 0 aliphatic rings. The lowest BCUT2D eigenvalue weighted by molar-refractivity contribution is 0.0934. The quantitative estimate of drug-likeness (QED) is 0.851. The second-order valence-corrected chi connectivity index (χ2v) is 5.38. The Morgan fingerprint density at radius 3 is 1.96 bits per heavy atom. The molecule has 0 aliphatic carbocycles. The number of nitrogens with one attached hydrogen (secondary N) is 2. The molecule has 0 spiro atoms. The molecule has 2 aromatic rings. The Labute approximate surface area is 136 Å². The molecule has 0 bridgehead atoms. The van der Waals surface area contributed by atoms with E-state index in [0.29, 0.717) is 16.8 Å². The Morgan fingerprint density at radius 1 is 0.826 bits per heavy atom. The van der Waals surface area contributed by atoms with Crippen molar-refractivity contribution in [1.29, 1.82) is 0 Å². The molecule has 2 N–H and O–H groups in total. The predicted octanol–water partition coefficient (Wildman–Crippen LogP) is 3.86. The molecular weight excluding hydrogens is 288 g/mol. The average Bonchev–Trinajstić information content (AvgIpc) is 2.60. The van der Waals surface area contributed by atoms with Gasteiger partial charge in [-0.25, -0.2) is 0 Å². The highest BCUT2D eigenvalue weighted by molar-refractivity contribution is 6.04. The number of amides is 2. The molecule has 120 valence electrons. The van der Waals surface area contributed by atoms with Crippen LogP contribution in [-0.2, 0) is 0 Å². The molecule has 4 nitrogen and oxygen atoms in total. The summed E-state index contributed by atoms with van der Waals surface area (Å²) in [5.41, 5.74) is 1.86. The van der Waals surface area contributed by atoms with Gasteiger partial charge in [-0.3, -0.25) is 9.59 Å². The highest BCUT2D eigenvalue weighted by Crippen LogP contribution is 2.12. The Kier molecular flexibility index (Phi) is 5.92. The molecule has 0 heterocycles. The molecule has 4 heteroatoms. The van der Waals surface area contributed by atoms with E-state index >= 15 is 0 Å². The van der Waals surface area contributed by atoms with Crippen LogP contribution in [0.15, 0.2) is 54.6 Å². The van der Waals surface area contributed by atoms with Crippen LogP contribution in [0, 0.1) is 0 Å². The van der Waals surface area contributed by atoms with Gasteiger partial charge in [0.2, 0.25) is 0 Å². The second kappa shape index (κ2) is 8.13. The van der Waals surface area contributed by atoms with E-state index in [-0.39, 0.29) is 17.9 Å². The SMILES string of the molecule is CCC(CC)NC(=O)c1ccc(NC(=O)c2ccccc2)cc1. The number of hydrogen-bond acceptors (Lipinski definition) is 2. The van der Waals surface area contributed by atoms with Crippen molar-refractivity contribution in [3.63, 3.8) is 0 Å². The Balaban J connectivity index is 1.99. The van der Waals surface area contributed by atoms with Gasteiger partial charge in [0.15, 0.2) is 0 Å². The lowest BCUT2D eigenvalue weighted by atomic mass is 10.1. The fraction of sp³-hybridized carbons (Fsp3) is 0.263. The van der Waals surface area contributed by atoms with Crippen molar-refractivity contribution in [2.24, 2.45) is 0 Å². The molecule has 23 heavy (non-hydrogen) atoms. The largest absolute Gasteiger partial charge is 0.349 e. The number of anilines is 1. The van der Waals surface area contributed by atoms with Crippen LogP contribution in [0.25, 0.3) is 0 Å². The molecule has 0 saturated carbocycles. The summed E-state index contributed by atoms with van der Waals surface area (Å²) in [4.78, 5) is 24.2. The molecule has 2 rings (SSSR count). The first-order chi connectivity index (χ1) is 11.1. The van der Waals surface area contributed by atoms with Gasteiger partial charge in [-0.15, -0.1) is 0 Å². The summed E-state index contributed by atoms with van der Waals surface area (Å²) in [5, 5.41) is 5.81. The minimum absolute atomic E-state index is 0.0837. The highest BCUT2D eigenvalue weighted by Gasteiger charge is 2.11. The zero-order chi connectivity index (χ0) is 16.7. The fourth-order valence-corrected chi connectivity index (χ4v) is 2.26. The third kappa shape index (κ3) is 4.68. The van der Waals surface area contributed by atoms with Crippen molar-refractivity contribution in [2.45, 2.75) is 32.7 Å². The van der Waals surface area contributed by atoms with E-state index < -0.39 is 0 Å². The summed E-state index contributed by atoms with van der Waals surface area (Å²) >= 11 is 0. The number of carbonyl (C=O) groups excluding carboxylic acids is 2. The fourth-order valence-electron chi connectivity index (χ4n) is 2.26. The molecular formula is C19H22N2O2. The Hall–Kier alpha value is -2.62. The van der Waals surface area contributed by atoms with E-state index in [2.05, 4.69) is 24.5 Å². The van der Waals surface area contributed by atoms with Crippen molar-refractivity contribution in [3.05, 3.63) is 65.7 Å². The van der Waals surface area contributed by atoms with Gasteiger partial charge >= 0.3 is 0 Å². The van der Waals surface area contributed by atoms with Crippen LogP contribution < -0.4 is 10.6 Å². The van der Waals surface area contributed by atoms with Crippen LogP contribution in [-0.4, -0.2) is 17.9 Å². The van der Waals surface area contributed by atoms with E-state index in [0.717, 1.165) is 12.8 Å². The van der Waals surface area contributed by atoms with Crippen molar-refractivity contribution < 1.29 is 9.59 Å². The van der Waals surface area contributed by atoms with Gasteiger partial charge in [-0.1, -0.05) is 32.0 Å². The number of benzene rings is 2. The number of rotatable bonds is 6. The summed E-state index contributed by atoms with van der Waals surface area (Å²) in [6.07, 6.45) is 1.82. The van der Waals surface area contributed by atoms with Gasteiger partial charge < -0.3 is 10.6 Å². The van der Waals surface area contributed by atoms with E-state index in [9.17, 15) is 9.59 Å². The van der Waals surface area contributed by atoms with E-state index in [4.69, 9.17) is 0 Å². The first-order valence-corrected chi connectivity index (χ1v) is 7.91. The minimum Gasteiger partial charge on any atom is -0.349 e. The third-order valence-corrected chi connectivity index (χ3v) is 3.76. The Morgan fingerprint density at radius 2 is 1.39 bits per heavy atom. The summed E-state index contributed by atoms with van der Waals surface area (Å²) in [6.45, 7) is 4.10. The van der Waals surface area contributed by atoms with E-state index in [1.807, 2.05) is 18.2 Å². The minimum atomic E-state index is -0.167. The van der Waals surface area contributed by atoms with Gasteiger partial charge in [0.05, 0.1) is 0 Å². The van der Waals surface area contributed by atoms with Crippen LogP contribution in [0.2, 0.25) is 0 Å². The molecule has 0 saturated heterocycles. The van der Waals surface area contributed by atoms with Gasteiger partial charge in [0, 0.05) is 22.9 Å². The maximum atomic E-state index is 12.1. The first kappa shape index (κ1) is 16.7. The zero-order valence-electron chi connectivity index (χ0n) is 13.5. The summed E-state index contributed by atoms with van der Waals surface area (Å²) in [6, 6.07) is 16.1.